The molecule has 0 saturated heterocycles. The molecule has 5 nitrogen and oxygen atoms in total. The molecule has 0 spiro atoms. The zero-order valence-electron chi connectivity index (χ0n) is 11.5. The van der Waals surface area contributed by atoms with Crippen LogP contribution in [0, 0.1) is 17.2 Å². The molecule has 1 rings (SSSR count). The maximum atomic E-state index is 12.3. The van der Waals surface area contributed by atoms with Gasteiger partial charge < -0.3 is 15.1 Å². The van der Waals surface area contributed by atoms with E-state index in [0.717, 1.165) is 6.42 Å². The summed E-state index contributed by atoms with van der Waals surface area (Å²) < 4.78 is 5.24. The zero-order valence-corrected chi connectivity index (χ0v) is 11.5. The first-order chi connectivity index (χ1) is 9.10. The fraction of sp³-hybridized carbons (Fsp3) is 0.571. The van der Waals surface area contributed by atoms with Gasteiger partial charge in [-0.15, -0.1) is 0 Å². The maximum absolute atomic E-state index is 12.3. The molecule has 0 radical (unpaired) electrons. The molecule has 0 aliphatic carbocycles. The van der Waals surface area contributed by atoms with Crippen LogP contribution >= 0.6 is 0 Å². The number of nitriles is 1. The van der Waals surface area contributed by atoms with Crippen LogP contribution in [0.3, 0.4) is 0 Å². The molecular weight excluding hydrogens is 242 g/mol. The molecule has 0 aliphatic heterocycles. The van der Waals surface area contributed by atoms with Gasteiger partial charge in [0.2, 0.25) is 5.91 Å². The third-order valence-corrected chi connectivity index (χ3v) is 3.27. The predicted octanol–water partition coefficient (Wildman–Crippen LogP) is 1.90. The van der Waals surface area contributed by atoms with Crippen molar-refractivity contribution in [2.45, 2.75) is 39.3 Å². The van der Waals surface area contributed by atoms with Crippen LogP contribution in [0.25, 0.3) is 0 Å². The number of carbonyl (C=O) groups is 1. The molecule has 1 aromatic heterocycles. The molecule has 1 amide bonds. The Hall–Kier alpha value is -1.80. The summed E-state index contributed by atoms with van der Waals surface area (Å²) in [6.45, 7) is 4.69. The van der Waals surface area contributed by atoms with Crippen LogP contribution in [0.5, 0.6) is 0 Å². The number of nitrogens with two attached hydrogens (primary N) is 1. The molecule has 2 unspecified atom stereocenters. The second-order valence-corrected chi connectivity index (χ2v) is 4.66. The van der Waals surface area contributed by atoms with Crippen molar-refractivity contribution in [2.75, 3.05) is 6.54 Å². The van der Waals surface area contributed by atoms with Gasteiger partial charge in [0, 0.05) is 6.54 Å². The van der Waals surface area contributed by atoms with Crippen LogP contribution in [0.15, 0.2) is 22.8 Å². The summed E-state index contributed by atoms with van der Waals surface area (Å²) in [7, 11) is 0. The van der Waals surface area contributed by atoms with E-state index in [1.807, 2.05) is 19.9 Å². The largest absolute Gasteiger partial charge is 0.467 e. The van der Waals surface area contributed by atoms with Gasteiger partial charge >= 0.3 is 0 Å². The summed E-state index contributed by atoms with van der Waals surface area (Å²) in [6.07, 6.45) is 2.70. The van der Waals surface area contributed by atoms with E-state index in [0.29, 0.717) is 25.3 Å². The monoisotopic (exact) mass is 263 g/mol. The maximum Gasteiger partial charge on any atom is 0.240 e. The topological polar surface area (TPSA) is 83.3 Å². The average molecular weight is 263 g/mol. The minimum atomic E-state index is -0.529. The van der Waals surface area contributed by atoms with E-state index in [4.69, 9.17) is 15.4 Å². The molecular formula is C14H21N3O2. The first kappa shape index (κ1) is 15.3. The summed E-state index contributed by atoms with van der Waals surface area (Å²) in [4.78, 5) is 13.9. The minimum absolute atomic E-state index is 0.119. The van der Waals surface area contributed by atoms with Gasteiger partial charge in [-0.25, -0.2) is 0 Å². The number of hydrogen-bond acceptors (Lipinski definition) is 4. The lowest BCUT2D eigenvalue weighted by atomic mass is 9.99. The van der Waals surface area contributed by atoms with Crippen molar-refractivity contribution in [3.63, 3.8) is 0 Å². The van der Waals surface area contributed by atoms with Crippen molar-refractivity contribution in [3.8, 4) is 6.07 Å². The van der Waals surface area contributed by atoms with Crippen LogP contribution in [0.1, 0.15) is 32.4 Å². The molecule has 5 heteroatoms. The Morgan fingerprint density at radius 1 is 1.63 bits per heavy atom. The van der Waals surface area contributed by atoms with E-state index in [9.17, 15) is 4.79 Å². The van der Waals surface area contributed by atoms with Crippen LogP contribution in [-0.4, -0.2) is 23.4 Å². The third-order valence-electron chi connectivity index (χ3n) is 3.27. The van der Waals surface area contributed by atoms with Crippen molar-refractivity contribution in [1.29, 1.82) is 5.26 Å². The SMILES string of the molecule is CCC(C)C(N)C(=O)N(CCC#N)Cc1ccco1. The van der Waals surface area contributed by atoms with E-state index >= 15 is 0 Å². The van der Waals surface area contributed by atoms with Crippen molar-refractivity contribution in [3.05, 3.63) is 24.2 Å². The molecule has 1 heterocycles. The van der Waals surface area contributed by atoms with E-state index in [-0.39, 0.29) is 11.8 Å². The Bertz CT molecular complexity index is 422. The van der Waals surface area contributed by atoms with Crippen molar-refractivity contribution in [1.82, 2.24) is 4.90 Å². The molecule has 104 valence electrons. The number of hydrogen-bond donors (Lipinski definition) is 1. The summed E-state index contributed by atoms with van der Waals surface area (Å²) >= 11 is 0. The van der Waals surface area contributed by atoms with Gasteiger partial charge in [-0.1, -0.05) is 20.3 Å². The number of carbonyl (C=O) groups excluding carboxylic acids is 1. The van der Waals surface area contributed by atoms with Gasteiger partial charge in [0.25, 0.3) is 0 Å². The van der Waals surface area contributed by atoms with Gasteiger partial charge in [0.1, 0.15) is 5.76 Å². The van der Waals surface area contributed by atoms with Gasteiger partial charge in [-0.2, -0.15) is 5.26 Å². The van der Waals surface area contributed by atoms with Crippen LogP contribution in [0.2, 0.25) is 0 Å². The van der Waals surface area contributed by atoms with Gasteiger partial charge in [-0.3, -0.25) is 4.79 Å². The fourth-order valence-electron chi connectivity index (χ4n) is 1.75. The Morgan fingerprint density at radius 3 is 2.89 bits per heavy atom. The fourth-order valence-corrected chi connectivity index (χ4v) is 1.75. The highest BCUT2D eigenvalue weighted by Gasteiger charge is 2.25. The molecule has 0 bridgehead atoms. The zero-order chi connectivity index (χ0) is 14.3. The molecule has 0 aromatic carbocycles. The van der Waals surface area contributed by atoms with Crippen LogP contribution in [-0.2, 0) is 11.3 Å². The lowest BCUT2D eigenvalue weighted by molar-refractivity contribution is -0.134. The molecule has 2 N–H and O–H groups in total. The van der Waals surface area contributed by atoms with Crippen LogP contribution < -0.4 is 5.73 Å². The second kappa shape index (κ2) is 7.59. The molecule has 19 heavy (non-hydrogen) atoms. The first-order valence-electron chi connectivity index (χ1n) is 6.53. The predicted molar refractivity (Wildman–Crippen MR) is 71.8 cm³/mol. The number of amides is 1. The third kappa shape index (κ3) is 4.42. The molecule has 2 atom stereocenters. The highest BCUT2D eigenvalue weighted by molar-refractivity contribution is 5.81. The Labute approximate surface area is 114 Å². The lowest BCUT2D eigenvalue weighted by Crippen LogP contribution is -2.47. The Morgan fingerprint density at radius 2 is 2.37 bits per heavy atom. The number of furan rings is 1. The highest BCUT2D eigenvalue weighted by Crippen LogP contribution is 2.12. The van der Waals surface area contributed by atoms with E-state index in [1.165, 1.54) is 0 Å². The Balaban J connectivity index is 2.72. The Kier molecular flexibility index (Phi) is 6.10. The molecule has 0 fully saturated rings. The number of nitrogens with zero attached hydrogens (tertiary/aromatic N) is 2. The molecule has 1 aromatic rings. The molecule has 0 saturated carbocycles. The van der Waals surface area contributed by atoms with E-state index in [1.54, 1.807) is 23.3 Å². The summed E-state index contributed by atoms with van der Waals surface area (Å²) in [5, 5.41) is 8.67. The van der Waals surface area contributed by atoms with Crippen LogP contribution in [0.4, 0.5) is 0 Å². The van der Waals surface area contributed by atoms with Gasteiger partial charge in [0.15, 0.2) is 0 Å². The summed E-state index contributed by atoms with van der Waals surface area (Å²) in [6, 6.07) is 5.10. The van der Waals surface area contributed by atoms with Crippen molar-refractivity contribution >= 4 is 5.91 Å². The van der Waals surface area contributed by atoms with Crippen molar-refractivity contribution < 1.29 is 9.21 Å². The first-order valence-corrected chi connectivity index (χ1v) is 6.53. The summed E-state index contributed by atoms with van der Waals surface area (Å²) in [5.41, 5.74) is 5.97. The molecule has 0 aliphatic rings. The van der Waals surface area contributed by atoms with E-state index in [2.05, 4.69) is 0 Å². The standard InChI is InChI=1S/C14H21N3O2/c1-3-11(2)13(16)14(18)17(8-5-7-15)10-12-6-4-9-19-12/h4,6,9,11,13H,3,5,8,10,16H2,1-2H3. The quantitative estimate of drug-likeness (QED) is 0.814. The highest BCUT2D eigenvalue weighted by atomic mass is 16.3. The van der Waals surface area contributed by atoms with Gasteiger partial charge in [-0.05, 0) is 18.1 Å². The van der Waals surface area contributed by atoms with Gasteiger partial charge in [0.05, 0.1) is 31.3 Å². The average Bonchev–Trinajstić information content (AvgIpc) is 2.93. The normalized spacial score (nSPS) is 13.6. The number of rotatable bonds is 7. The minimum Gasteiger partial charge on any atom is -0.467 e. The smallest absolute Gasteiger partial charge is 0.240 e. The second-order valence-electron chi connectivity index (χ2n) is 4.66. The van der Waals surface area contributed by atoms with Crippen molar-refractivity contribution in [2.24, 2.45) is 11.7 Å². The van der Waals surface area contributed by atoms with E-state index < -0.39 is 6.04 Å². The summed E-state index contributed by atoms with van der Waals surface area (Å²) in [5.74, 6) is 0.692. The lowest BCUT2D eigenvalue weighted by Gasteiger charge is -2.26.